The summed E-state index contributed by atoms with van der Waals surface area (Å²) in [7, 11) is 0. The molecule has 0 fully saturated rings. The predicted molar refractivity (Wildman–Crippen MR) is 80.6 cm³/mol. The third-order valence-electron chi connectivity index (χ3n) is 3.02. The third kappa shape index (κ3) is 3.26. The molecular weight excluding hydrogens is 310 g/mol. The second-order valence-corrected chi connectivity index (χ2v) is 5.04. The molecule has 0 radical (unpaired) electrons. The van der Waals surface area contributed by atoms with Crippen LogP contribution in [0.4, 0.5) is 14.5 Å². The predicted octanol–water partition coefficient (Wildman–Crippen LogP) is 4.89. The molecule has 3 rings (SSSR count). The molecule has 1 N–H and O–H groups in total. The van der Waals surface area contributed by atoms with E-state index in [0.29, 0.717) is 29.4 Å². The van der Waals surface area contributed by atoms with Gasteiger partial charge in [-0.1, -0.05) is 17.7 Å². The first-order valence-electron chi connectivity index (χ1n) is 6.51. The average Bonchev–Trinajstić information content (AvgIpc) is 2.97. The molecule has 22 heavy (non-hydrogen) atoms. The molecule has 2 aromatic carbocycles. The van der Waals surface area contributed by atoms with E-state index in [2.05, 4.69) is 10.3 Å². The number of rotatable bonds is 4. The third-order valence-corrected chi connectivity index (χ3v) is 3.31. The van der Waals surface area contributed by atoms with Gasteiger partial charge in [-0.25, -0.2) is 13.8 Å². The zero-order valence-corrected chi connectivity index (χ0v) is 12.1. The molecule has 1 heterocycles. The normalized spacial score (nSPS) is 10.7. The lowest BCUT2D eigenvalue weighted by Gasteiger charge is -2.04. The zero-order chi connectivity index (χ0) is 15.5. The fourth-order valence-electron chi connectivity index (χ4n) is 1.94. The lowest BCUT2D eigenvalue weighted by atomic mass is 10.2. The topological polar surface area (TPSA) is 38.1 Å². The summed E-state index contributed by atoms with van der Waals surface area (Å²) in [4.78, 5) is 4.27. The van der Waals surface area contributed by atoms with Gasteiger partial charge < -0.3 is 9.73 Å². The van der Waals surface area contributed by atoms with Gasteiger partial charge in [-0.15, -0.1) is 0 Å². The number of hydrogen-bond donors (Lipinski definition) is 1. The second kappa shape index (κ2) is 6.15. The Balaban J connectivity index is 1.70. The molecule has 112 valence electrons. The number of nitrogens with one attached hydrogen (secondary N) is 1. The van der Waals surface area contributed by atoms with E-state index in [9.17, 15) is 8.78 Å². The number of nitrogens with zero attached hydrogens (tertiary/aromatic N) is 1. The number of halogens is 3. The van der Waals surface area contributed by atoms with Gasteiger partial charge >= 0.3 is 0 Å². The van der Waals surface area contributed by atoms with Crippen LogP contribution in [0.3, 0.4) is 0 Å². The first kappa shape index (κ1) is 14.5. The van der Waals surface area contributed by atoms with E-state index in [4.69, 9.17) is 16.0 Å². The maximum atomic E-state index is 13.2. The summed E-state index contributed by atoms with van der Waals surface area (Å²) in [6.45, 7) is 0.376. The summed E-state index contributed by atoms with van der Waals surface area (Å²) in [5.41, 5.74) is 1.87. The fraction of sp³-hybridized carbons (Fsp3) is 0.0625. The van der Waals surface area contributed by atoms with Crippen LogP contribution in [-0.4, -0.2) is 4.98 Å². The summed E-state index contributed by atoms with van der Waals surface area (Å²) >= 11 is 5.71. The lowest BCUT2D eigenvalue weighted by molar-refractivity contribution is 0.571. The van der Waals surface area contributed by atoms with Crippen molar-refractivity contribution in [1.82, 2.24) is 4.98 Å². The van der Waals surface area contributed by atoms with Gasteiger partial charge in [0.1, 0.15) is 17.9 Å². The number of aromatic nitrogens is 1. The standard InChI is InChI=1S/C16H11ClF2N2O/c17-14-7-12(4-5-15(14)19)20-8-13-9-22-16(21-13)10-2-1-3-11(18)6-10/h1-7,9,20H,8H2. The molecule has 1 aromatic heterocycles. The van der Waals surface area contributed by atoms with Crippen LogP contribution in [0.1, 0.15) is 5.69 Å². The Morgan fingerprint density at radius 2 is 2.00 bits per heavy atom. The smallest absolute Gasteiger partial charge is 0.226 e. The van der Waals surface area contributed by atoms with Crippen LogP contribution in [-0.2, 0) is 6.54 Å². The van der Waals surface area contributed by atoms with Gasteiger partial charge in [0.05, 0.1) is 17.3 Å². The molecule has 3 aromatic rings. The van der Waals surface area contributed by atoms with Crippen molar-refractivity contribution in [3.8, 4) is 11.5 Å². The highest BCUT2D eigenvalue weighted by Crippen LogP contribution is 2.22. The Kier molecular flexibility index (Phi) is 4.06. The molecule has 0 spiro atoms. The Bertz CT molecular complexity index is 804. The minimum absolute atomic E-state index is 0.0469. The van der Waals surface area contributed by atoms with E-state index >= 15 is 0 Å². The molecule has 6 heteroatoms. The molecular formula is C16H11ClF2N2O. The SMILES string of the molecule is Fc1cccc(-c2nc(CNc3ccc(F)c(Cl)c3)co2)c1. The van der Waals surface area contributed by atoms with E-state index in [1.54, 1.807) is 18.2 Å². The average molecular weight is 321 g/mol. The number of anilines is 1. The highest BCUT2D eigenvalue weighted by Gasteiger charge is 2.08. The van der Waals surface area contributed by atoms with Crippen molar-refractivity contribution in [1.29, 1.82) is 0 Å². The Hall–Kier alpha value is -2.40. The first-order chi connectivity index (χ1) is 10.6. The summed E-state index contributed by atoms with van der Waals surface area (Å²) in [6.07, 6.45) is 1.48. The molecule has 0 bridgehead atoms. The van der Waals surface area contributed by atoms with Gasteiger partial charge in [-0.2, -0.15) is 0 Å². The van der Waals surface area contributed by atoms with Crippen LogP contribution in [0.25, 0.3) is 11.5 Å². The van der Waals surface area contributed by atoms with Gasteiger partial charge in [0.25, 0.3) is 0 Å². The quantitative estimate of drug-likeness (QED) is 0.744. The zero-order valence-electron chi connectivity index (χ0n) is 11.3. The fourth-order valence-corrected chi connectivity index (χ4v) is 2.12. The van der Waals surface area contributed by atoms with Crippen LogP contribution >= 0.6 is 11.6 Å². The van der Waals surface area contributed by atoms with Crippen LogP contribution in [0.15, 0.2) is 53.1 Å². The summed E-state index contributed by atoms with van der Waals surface area (Å²) in [5.74, 6) is -0.480. The van der Waals surface area contributed by atoms with Gasteiger partial charge in [0.2, 0.25) is 5.89 Å². The monoisotopic (exact) mass is 320 g/mol. The van der Waals surface area contributed by atoms with Crippen molar-refractivity contribution in [2.75, 3.05) is 5.32 Å². The van der Waals surface area contributed by atoms with E-state index in [-0.39, 0.29) is 10.8 Å². The highest BCUT2D eigenvalue weighted by atomic mass is 35.5. The van der Waals surface area contributed by atoms with E-state index in [1.807, 2.05) is 0 Å². The maximum Gasteiger partial charge on any atom is 0.226 e. The minimum Gasteiger partial charge on any atom is -0.444 e. The van der Waals surface area contributed by atoms with E-state index < -0.39 is 5.82 Å². The van der Waals surface area contributed by atoms with Crippen molar-refractivity contribution in [3.05, 3.63) is 71.1 Å². The molecule has 0 unspecified atom stereocenters. The van der Waals surface area contributed by atoms with Gasteiger partial charge in [0, 0.05) is 11.3 Å². The van der Waals surface area contributed by atoms with Crippen molar-refractivity contribution < 1.29 is 13.2 Å². The number of benzene rings is 2. The van der Waals surface area contributed by atoms with Gasteiger partial charge in [-0.05, 0) is 36.4 Å². The van der Waals surface area contributed by atoms with Crippen molar-refractivity contribution in [2.24, 2.45) is 0 Å². The second-order valence-electron chi connectivity index (χ2n) is 4.64. The van der Waals surface area contributed by atoms with Crippen molar-refractivity contribution in [2.45, 2.75) is 6.54 Å². The molecule has 0 atom stereocenters. The van der Waals surface area contributed by atoms with Crippen molar-refractivity contribution in [3.63, 3.8) is 0 Å². The lowest BCUT2D eigenvalue weighted by Crippen LogP contribution is -1.99. The molecule has 0 aliphatic carbocycles. The number of oxazole rings is 1. The van der Waals surface area contributed by atoms with Crippen LogP contribution in [0.5, 0.6) is 0 Å². The minimum atomic E-state index is -0.470. The molecule has 0 saturated carbocycles. The maximum absolute atomic E-state index is 13.2. The Labute approximate surface area is 130 Å². The summed E-state index contributed by atoms with van der Waals surface area (Å²) in [6, 6.07) is 10.4. The van der Waals surface area contributed by atoms with Gasteiger partial charge in [-0.3, -0.25) is 0 Å². The van der Waals surface area contributed by atoms with E-state index in [0.717, 1.165) is 0 Å². The Morgan fingerprint density at radius 1 is 1.14 bits per heavy atom. The first-order valence-corrected chi connectivity index (χ1v) is 6.89. The van der Waals surface area contributed by atoms with Crippen LogP contribution < -0.4 is 5.32 Å². The van der Waals surface area contributed by atoms with E-state index in [1.165, 1.54) is 30.5 Å². The molecule has 0 amide bonds. The largest absolute Gasteiger partial charge is 0.444 e. The number of hydrogen-bond acceptors (Lipinski definition) is 3. The highest BCUT2D eigenvalue weighted by molar-refractivity contribution is 6.31. The molecule has 3 nitrogen and oxygen atoms in total. The summed E-state index contributed by atoms with van der Waals surface area (Å²) in [5, 5.41) is 3.10. The Morgan fingerprint density at radius 3 is 2.77 bits per heavy atom. The van der Waals surface area contributed by atoms with Crippen LogP contribution in [0, 0.1) is 11.6 Å². The van der Waals surface area contributed by atoms with Crippen molar-refractivity contribution >= 4 is 17.3 Å². The summed E-state index contributed by atoms with van der Waals surface area (Å²) < 4.78 is 31.6. The van der Waals surface area contributed by atoms with Crippen LogP contribution in [0.2, 0.25) is 5.02 Å². The molecule has 0 aliphatic heterocycles. The molecule has 0 aliphatic rings. The molecule has 0 saturated heterocycles. The van der Waals surface area contributed by atoms with Gasteiger partial charge in [0.15, 0.2) is 0 Å².